The number of rotatable bonds is 6. The summed E-state index contributed by atoms with van der Waals surface area (Å²) in [5.41, 5.74) is 6.73. The standard InChI is InChI=1S/C15H22N2O2/c16-9-3-4-13-5-7-14(8-6-13)19-12-15(18)17-10-1-2-11-17/h5-8H,1-4,9-12,16H2. The summed E-state index contributed by atoms with van der Waals surface area (Å²) in [6.45, 7) is 2.60. The molecule has 0 aromatic heterocycles. The summed E-state index contributed by atoms with van der Waals surface area (Å²) in [5.74, 6) is 0.841. The van der Waals surface area contributed by atoms with Gasteiger partial charge in [0.2, 0.25) is 0 Å². The van der Waals surface area contributed by atoms with E-state index in [2.05, 4.69) is 0 Å². The summed E-state index contributed by atoms with van der Waals surface area (Å²) < 4.78 is 5.52. The first-order chi connectivity index (χ1) is 9.29. The third-order valence-electron chi connectivity index (χ3n) is 3.41. The Kier molecular flexibility index (Phi) is 5.21. The number of likely N-dealkylation sites (tertiary alicyclic amines) is 1. The van der Waals surface area contributed by atoms with E-state index in [0.717, 1.165) is 44.5 Å². The fourth-order valence-electron chi connectivity index (χ4n) is 2.26. The van der Waals surface area contributed by atoms with Crippen LogP contribution in [0.15, 0.2) is 24.3 Å². The van der Waals surface area contributed by atoms with Crippen LogP contribution in [0.3, 0.4) is 0 Å². The number of aryl methyl sites for hydroxylation is 1. The fourth-order valence-corrected chi connectivity index (χ4v) is 2.26. The third kappa shape index (κ3) is 4.24. The highest BCUT2D eigenvalue weighted by molar-refractivity contribution is 5.78. The van der Waals surface area contributed by atoms with Crippen LogP contribution in [0.5, 0.6) is 5.75 Å². The van der Waals surface area contributed by atoms with Gasteiger partial charge in [-0.05, 0) is 49.9 Å². The maximum Gasteiger partial charge on any atom is 0.260 e. The highest BCUT2D eigenvalue weighted by atomic mass is 16.5. The van der Waals surface area contributed by atoms with E-state index >= 15 is 0 Å². The van der Waals surface area contributed by atoms with E-state index in [1.165, 1.54) is 5.56 Å². The predicted molar refractivity (Wildman–Crippen MR) is 75.1 cm³/mol. The average Bonchev–Trinajstić information content (AvgIpc) is 2.98. The van der Waals surface area contributed by atoms with E-state index in [1.807, 2.05) is 29.2 Å². The molecule has 19 heavy (non-hydrogen) atoms. The molecule has 1 aromatic carbocycles. The second-order valence-corrected chi connectivity index (χ2v) is 4.91. The zero-order valence-corrected chi connectivity index (χ0v) is 11.3. The molecule has 1 saturated heterocycles. The molecule has 1 heterocycles. The number of nitrogens with zero attached hydrogens (tertiary/aromatic N) is 1. The van der Waals surface area contributed by atoms with Crippen LogP contribution in [0.2, 0.25) is 0 Å². The van der Waals surface area contributed by atoms with Gasteiger partial charge in [-0.3, -0.25) is 4.79 Å². The number of nitrogens with two attached hydrogens (primary N) is 1. The molecule has 1 fully saturated rings. The van der Waals surface area contributed by atoms with Crippen LogP contribution in [-0.4, -0.2) is 37.0 Å². The van der Waals surface area contributed by atoms with Crippen LogP contribution in [0.25, 0.3) is 0 Å². The Morgan fingerprint density at radius 1 is 1.21 bits per heavy atom. The first-order valence-corrected chi connectivity index (χ1v) is 6.99. The van der Waals surface area contributed by atoms with Crippen molar-refractivity contribution in [2.45, 2.75) is 25.7 Å². The monoisotopic (exact) mass is 262 g/mol. The molecule has 0 aliphatic carbocycles. The first kappa shape index (κ1) is 13.9. The first-order valence-electron chi connectivity index (χ1n) is 6.99. The molecule has 0 bridgehead atoms. The van der Waals surface area contributed by atoms with E-state index in [-0.39, 0.29) is 12.5 Å². The lowest BCUT2D eigenvalue weighted by Gasteiger charge is -2.15. The van der Waals surface area contributed by atoms with Gasteiger partial charge in [0.25, 0.3) is 5.91 Å². The van der Waals surface area contributed by atoms with Crippen molar-refractivity contribution in [2.24, 2.45) is 5.73 Å². The summed E-state index contributed by atoms with van der Waals surface area (Å²) in [7, 11) is 0. The lowest BCUT2D eigenvalue weighted by Crippen LogP contribution is -2.32. The molecule has 104 valence electrons. The number of carbonyl (C=O) groups excluding carboxylic acids is 1. The van der Waals surface area contributed by atoms with Gasteiger partial charge < -0.3 is 15.4 Å². The maximum atomic E-state index is 11.8. The Balaban J connectivity index is 1.77. The number of ether oxygens (including phenoxy) is 1. The van der Waals surface area contributed by atoms with Gasteiger partial charge >= 0.3 is 0 Å². The molecule has 2 rings (SSSR count). The second-order valence-electron chi connectivity index (χ2n) is 4.91. The van der Waals surface area contributed by atoms with Crippen molar-refractivity contribution in [3.05, 3.63) is 29.8 Å². The molecule has 1 aromatic rings. The Morgan fingerprint density at radius 3 is 2.53 bits per heavy atom. The number of amides is 1. The predicted octanol–water partition coefficient (Wildman–Crippen LogP) is 1.58. The van der Waals surface area contributed by atoms with E-state index < -0.39 is 0 Å². The molecule has 0 spiro atoms. The molecule has 2 N–H and O–H groups in total. The van der Waals surface area contributed by atoms with Crippen molar-refractivity contribution in [1.82, 2.24) is 4.90 Å². The van der Waals surface area contributed by atoms with E-state index in [1.54, 1.807) is 0 Å². The summed E-state index contributed by atoms with van der Waals surface area (Å²) in [4.78, 5) is 13.7. The topological polar surface area (TPSA) is 55.6 Å². The summed E-state index contributed by atoms with van der Waals surface area (Å²) in [6, 6.07) is 7.91. The normalized spacial score (nSPS) is 14.7. The molecule has 0 radical (unpaired) electrons. The lowest BCUT2D eigenvalue weighted by atomic mass is 10.1. The summed E-state index contributed by atoms with van der Waals surface area (Å²) in [6.07, 6.45) is 4.21. The van der Waals surface area contributed by atoms with E-state index in [9.17, 15) is 4.79 Å². The van der Waals surface area contributed by atoms with Gasteiger partial charge in [0, 0.05) is 13.1 Å². The van der Waals surface area contributed by atoms with Gasteiger partial charge in [0.05, 0.1) is 0 Å². The lowest BCUT2D eigenvalue weighted by molar-refractivity contribution is -0.132. The Bertz CT molecular complexity index is 397. The number of benzene rings is 1. The van der Waals surface area contributed by atoms with Crippen LogP contribution in [-0.2, 0) is 11.2 Å². The molecular weight excluding hydrogens is 240 g/mol. The van der Waals surface area contributed by atoms with Gasteiger partial charge in [-0.1, -0.05) is 12.1 Å². The van der Waals surface area contributed by atoms with Gasteiger partial charge in [0.15, 0.2) is 6.61 Å². The molecule has 0 atom stereocenters. The van der Waals surface area contributed by atoms with Gasteiger partial charge in [0.1, 0.15) is 5.75 Å². The van der Waals surface area contributed by atoms with Crippen molar-refractivity contribution in [2.75, 3.05) is 26.2 Å². The summed E-state index contributed by atoms with van der Waals surface area (Å²) in [5, 5.41) is 0. The van der Waals surface area contributed by atoms with Crippen LogP contribution in [0, 0.1) is 0 Å². The minimum Gasteiger partial charge on any atom is -0.484 e. The van der Waals surface area contributed by atoms with Crippen LogP contribution >= 0.6 is 0 Å². The Hall–Kier alpha value is -1.55. The molecule has 4 nitrogen and oxygen atoms in total. The van der Waals surface area contributed by atoms with E-state index in [0.29, 0.717) is 6.54 Å². The number of carbonyl (C=O) groups is 1. The maximum absolute atomic E-state index is 11.8. The zero-order chi connectivity index (χ0) is 13.5. The summed E-state index contributed by atoms with van der Waals surface area (Å²) >= 11 is 0. The molecule has 4 heteroatoms. The fraction of sp³-hybridized carbons (Fsp3) is 0.533. The molecule has 1 amide bonds. The molecule has 0 unspecified atom stereocenters. The second kappa shape index (κ2) is 7.14. The third-order valence-corrected chi connectivity index (χ3v) is 3.41. The van der Waals surface area contributed by atoms with Crippen molar-refractivity contribution >= 4 is 5.91 Å². The molecule has 1 aliphatic heterocycles. The van der Waals surface area contributed by atoms with Gasteiger partial charge in [-0.15, -0.1) is 0 Å². The van der Waals surface area contributed by atoms with Crippen molar-refractivity contribution in [3.8, 4) is 5.75 Å². The van der Waals surface area contributed by atoms with Gasteiger partial charge in [-0.25, -0.2) is 0 Å². The average molecular weight is 262 g/mol. The van der Waals surface area contributed by atoms with Gasteiger partial charge in [-0.2, -0.15) is 0 Å². The van der Waals surface area contributed by atoms with E-state index in [4.69, 9.17) is 10.5 Å². The smallest absolute Gasteiger partial charge is 0.260 e. The van der Waals surface area contributed by atoms with Crippen LogP contribution in [0.1, 0.15) is 24.8 Å². The number of hydrogen-bond acceptors (Lipinski definition) is 3. The largest absolute Gasteiger partial charge is 0.484 e. The van der Waals surface area contributed by atoms with Crippen LogP contribution < -0.4 is 10.5 Å². The van der Waals surface area contributed by atoms with Crippen molar-refractivity contribution in [3.63, 3.8) is 0 Å². The SMILES string of the molecule is NCCCc1ccc(OCC(=O)N2CCCC2)cc1. The minimum atomic E-state index is 0.0877. The highest BCUT2D eigenvalue weighted by Crippen LogP contribution is 2.14. The zero-order valence-electron chi connectivity index (χ0n) is 11.3. The van der Waals surface area contributed by atoms with Crippen LogP contribution in [0.4, 0.5) is 0 Å². The minimum absolute atomic E-state index is 0.0877. The Labute approximate surface area is 114 Å². The molecule has 1 aliphatic rings. The van der Waals surface area contributed by atoms with Crippen molar-refractivity contribution in [1.29, 1.82) is 0 Å². The van der Waals surface area contributed by atoms with Crippen molar-refractivity contribution < 1.29 is 9.53 Å². The highest BCUT2D eigenvalue weighted by Gasteiger charge is 2.17. The Morgan fingerprint density at radius 2 is 1.89 bits per heavy atom. The quantitative estimate of drug-likeness (QED) is 0.847. The molecular formula is C15H22N2O2. The number of hydrogen-bond donors (Lipinski definition) is 1. The molecule has 0 saturated carbocycles.